The van der Waals surface area contributed by atoms with Crippen LogP contribution in [0.15, 0.2) is 6.07 Å². The summed E-state index contributed by atoms with van der Waals surface area (Å²) in [4.78, 5) is 0. The molecular formula is C10H17F2N3. The van der Waals surface area contributed by atoms with Crippen LogP contribution >= 0.6 is 0 Å². The molecule has 0 saturated heterocycles. The second kappa shape index (κ2) is 5.21. The summed E-state index contributed by atoms with van der Waals surface area (Å²) in [7, 11) is 1.55. The van der Waals surface area contributed by atoms with Crippen LogP contribution in [0.5, 0.6) is 0 Å². The highest BCUT2D eigenvalue weighted by molar-refractivity contribution is 5.10. The zero-order chi connectivity index (χ0) is 11.4. The van der Waals surface area contributed by atoms with Gasteiger partial charge in [0.05, 0.1) is 11.7 Å². The molecule has 0 aromatic carbocycles. The minimum atomic E-state index is -2.35. The first-order valence-corrected chi connectivity index (χ1v) is 5.07. The molecule has 0 amide bonds. The summed E-state index contributed by atoms with van der Waals surface area (Å²) < 4.78 is 26.8. The minimum Gasteiger partial charge on any atom is -0.312 e. The molecule has 1 heterocycles. The summed E-state index contributed by atoms with van der Waals surface area (Å²) >= 11 is 0. The third kappa shape index (κ3) is 2.99. The van der Waals surface area contributed by atoms with E-state index in [9.17, 15) is 8.78 Å². The summed E-state index contributed by atoms with van der Waals surface area (Å²) in [5, 5.41) is 6.84. The Balaban J connectivity index is 2.77. The first kappa shape index (κ1) is 12.1. The maximum atomic E-state index is 12.5. The molecule has 15 heavy (non-hydrogen) atoms. The van der Waals surface area contributed by atoms with Crippen LogP contribution in [0.2, 0.25) is 0 Å². The largest absolute Gasteiger partial charge is 0.312 e. The van der Waals surface area contributed by atoms with Crippen LogP contribution < -0.4 is 5.32 Å². The molecule has 1 atom stereocenters. The van der Waals surface area contributed by atoms with Crippen molar-refractivity contribution in [3.63, 3.8) is 0 Å². The average Bonchev–Trinajstić information content (AvgIpc) is 2.54. The molecule has 1 aromatic heterocycles. The van der Waals surface area contributed by atoms with Crippen LogP contribution in [0.3, 0.4) is 0 Å². The fraction of sp³-hybridized carbons (Fsp3) is 0.700. The van der Waals surface area contributed by atoms with Crippen molar-refractivity contribution < 1.29 is 8.78 Å². The smallest absolute Gasteiger partial charge is 0.254 e. The topological polar surface area (TPSA) is 29.9 Å². The van der Waals surface area contributed by atoms with E-state index in [2.05, 4.69) is 10.4 Å². The lowest BCUT2D eigenvalue weighted by molar-refractivity contribution is 0.101. The normalized spacial score (nSPS) is 13.5. The number of rotatable bonds is 5. The van der Waals surface area contributed by atoms with E-state index in [1.54, 1.807) is 11.7 Å². The van der Waals surface area contributed by atoms with E-state index in [1.807, 2.05) is 19.9 Å². The zero-order valence-electron chi connectivity index (χ0n) is 9.30. The molecular weight excluding hydrogens is 200 g/mol. The van der Waals surface area contributed by atoms with Crippen LogP contribution in [0.4, 0.5) is 8.78 Å². The summed E-state index contributed by atoms with van der Waals surface area (Å²) in [5.74, 6) is 0. The quantitative estimate of drug-likeness (QED) is 0.812. The highest BCUT2D eigenvalue weighted by Gasteiger charge is 2.20. The highest BCUT2D eigenvalue weighted by Crippen LogP contribution is 2.11. The molecule has 1 aromatic rings. The third-order valence-corrected chi connectivity index (χ3v) is 2.39. The van der Waals surface area contributed by atoms with Crippen LogP contribution in [-0.4, -0.2) is 29.3 Å². The molecule has 1 rings (SSSR count). The Morgan fingerprint density at radius 1 is 1.53 bits per heavy atom. The van der Waals surface area contributed by atoms with Crippen molar-refractivity contribution in [2.75, 3.05) is 7.05 Å². The van der Waals surface area contributed by atoms with E-state index in [4.69, 9.17) is 0 Å². The van der Waals surface area contributed by atoms with Gasteiger partial charge in [-0.2, -0.15) is 5.10 Å². The predicted octanol–water partition coefficient (Wildman–Crippen LogP) is 1.61. The van der Waals surface area contributed by atoms with Gasteiger partial charge in [0.2, 0.25) is 0 Å². The summed E-state index contributed by atoms with van der Waals surface area (Å²) in [5.41, 5.74) is 1.73. The van der Waals surface area contributed by atoms with Gasteiger partial charge in [0.15, 0.2) is 0 Å². The molecule has 0 bridgehead atoms. The number of likely N-dealkylation sites (N-methyl/N-ethyl adjacent to an activating group) is 1. The van der Waals surface area contributed by atoms with Gasteiger partial charge < -0.3 is 5.32 Å². The molecule has 0 fully saturated rings. The lowest BCUT2D eigenvalue weighted by Crippen LogP contribution is -2.35. The first-order valence-electron chi connectivity index (χ1n) is 5.07. The lowest BCUT2D eigenvalue weighted by atomic mass is 10.1. The van der Waals surface area contributed by atoms with Crippen molar-refractivity contribution in [3.05, 3.63) is 17.5 Å². The summed E-state index contributed by atoms with van der Waals surface area (Å²) in [6, 6.07) is 1.06. The predicted molar refractivity (Wildman–Crippen MR) is 55.2 cm³/mol. The van der Waals surface area contributed by atoms with Gasteiger partial charge in [0.1, 0.15) is 0 Å². The van der Waals surface area contributed by atoms with E-state index in [0.717, 1.165) is 11.4 Å². The summed E-state index contributed by atoms with van der Waals surface area (Å²) in [6.07, 6.45) is -2.04. The standard InChI is InChI=1S/C10H17F2N3/c1-4-15-8(5-7(2)14-15)6-9(13-3)10(11)12/h5,9-10,13H,4,6H2,1-3H3. The number of aromatic nitrogens is 2. The number of aryl methyl sites for hydroxylation is 2. The number of hydrogen-bond donors (Lipinski definition) is 1. The van der Waals surface area contributed by atoms with Crippen molar-refractivity contribution in [2.24, 2.45) is 0 Å². The molecule has 3 nitrogen and oxygen atoms in total. The van der Waals surface area contributed by atoms with E-state index >= 15 is 0 Å². The van der Waals surface area contributed by atoms with Crippen molar-refractivity contribution in [2.45, 2.75) is 39.3 Å². The number of halogens is 2. The van der Waals surface area contributed by atoms with Crippen LogP contribution in [0.1, 0.15) is 18.3 Å². The van der Waals surface area contributed by atoms with Crippen molar-refractivity contribution >= 4 is 0 Å². The Morgan fingerprint density at radius 2 is 2.20 bits per heavy atom. The highest BCUT2D eigenvalue weighted by atomic mass is 19.3. The minimum absolute atomic E-state index is 0.308. The van der Waals surface area contributed by atoms with E-state index in [0.29, 0.717) is 13.0 Å². The Kier molecular flexibility index (Phi) is 4.20. The van der Waals surface area contributed by atoms with Crippen molar-refractivity contribution in [1.29, 1.82) is 0 Å². The second-order valence-corrected chi connectivity index (χ2v) is 3.53. The Bertz CT molecular complexity index is 310. The fourth-order valence-electron chi connectivity index (χ4n) is 1.58. The molecule has 1 N–H and O–H groups in total. The Hall–Kier alpha value is -0.970. The number of hydrogen-bond acceptors (Lipinski definition) is 2. The monoisotopic (exact) mass is 217 g/mol. The molecule has 0 aliphatic rings. The number of alkyl halides is 2. The van der Waals surface area contributed by atoms with Crippen molar-refractivity contribution in [1.82, 2.24) is 15.1 Å². The van der Waals surface area contributed by atoms with Crippen LogP contribution in [0.25, 0.3) is 0 Å². The molecule has 0 radical (unpaired) electrons. The van der Waals surface area contributed by atoms with Gasteiger partial charge >= 0.3 is 0 Å². The lowest BCUT2D eigenvalue weighted by Gasteiger charge is -2.15. The molecule has 0 aliphatic heterocycles. The van der Waals surface area contributed by atoms with Gasteiger partial charge in [0.25, 0.3) is 6.43 Å². The van der Waals surface area contributed by atoms with Gasteiger partial charge in [-0.15, -0.1) is 0 Å². The van der Waals surface area contributed by atoms with Crippen LogP contribution in [-0.2, 0) is 13.0 Å². The van der Waals surface area contributed by atoms with E-state index in [-0.39, 0.29) is 0 Å². The molecule has 86 valence electrons. The molecule has 0 spiro atoms. The zero-order valence-corrected chi connectivity index (χ0v) is 9.30. The average molecular weight is 217 g/mol. The van der Waals surface area contributed by atoms with Gasteiger partial charge in [-0.05, 0) is 27.0 Å². The van der Waals surface area contributed by atoms with Gasteiger partial charge in [-0.3, -0.25) is 4.68 Å². The number of nitrogens with one attached hydrogen (secondary N) is 1. The Labute approximate surface area is 88.5 Å². The Morgan fingerprint density at radius 3 is 2.67 bits per heavy atom. The SMILES string of the molecule is CCn1nc(C)cc1CC(NC)C(F)F. The second-order valence-electron chi connectivity index (χ2n) is 3.53. The molecule has 0 aliphatic carbocycles. The molecule has 5 heteroatoms. The van der Waals surface area contributed by atoms with Gasteiger partial charge in [-0.1, -0.05) is 0 Å². The first-order chi connectivity index (χ1) is 7.08. The van der Waals surface area contributed by atoms with Crippen LogP contribution in [0, 0.1) is 6.92 Å². The summed E-state index contributed by atoms with van der Waals surface area (Å²) in [6.45, 7) is 4.53. The van der Waals surface area contributed by atoms with Gasteiger partial charge in [-0.25, -0.2) is 8.78 Å². The maximum absolute atomic E-state index is 12.5. The van der Waals surface area contributed by atoms with E-state index < -0.39 is 12.5 Å². The fourth-order valence-corrected chi connectivity index (χ4v) is 1.58. The van der Waals surface area contributed by atoms with E-state index in [1.165, 1.54) is 0 Å². The molecule has 1 unspecified atom stereocenters. The van der Waals surface area contributed by atoms with Crippen molar-refractivity contribution in [3.8, 4) is 0 Å². The number of nitrogens with zero attached hydrogens (tertiary/aromatic N) is 2. The maximum Gasteiger partial charge on any atom is 0.254 e. The molecule has 0 saturated carbocycles. The third-order valence-electron chi connectivity index (χ3n) is 2.39. The van der Waals surface area contributed by atoms with Gasteiger partial charge in [0, 0.05) is 18.7 Å².